The average Bonchev–Trinajstić information content (AvgIpc) is 3.11. The zero-order valence-electron chi connectivity index (χ0n) is 13.7. The molecule has 7 heteroatoms. The van der Waals surface area contributed by atoms with Crippen molar-refractivity contribution >= 4 is 17.6 Å². The van der Waals surface area contributed by atoms with Gasteiger partial charge in [-0.05, 0) is 25.8 Å². The van der Waals surface area contributed by atoms with Crippen LogP contribution in [0.5, 0.6) is 0 Å². The molecular formula is C16H24ClN3O3. The molecule has 0 saturated carbocycles. The predicted molar refractivity (Wildman–Crippen MR) is 87.3 cm³/mol. The fraction of sp³-hybridized carbons (Fsp3) is 0.688. The second kappa shape index (κ2) is 6.71. The van der Waals surface area contributed by atoms with Crippen LogP contribution >= 0.6 is 11.6 Å². The van der Waals surface area contributed by atoms with E-state index in [0.29, 0.717) is 31.3 Å². The second-order valence-electron chi connectivity index (χ2n) is 6.42. The summed E-state index contributed by atoms with van der Waals surface area (Å²) in [5.41, 5.74) is 0.978. The standard InChI is InChI=1S/C16H24ClN3O3/c1-16(22-6-7-23-16)12-4-3-5-20(10-12)15(21)18-9-14-8-13(17)11-19(14)2/h8,11-12H,3-7,9-10H2,1-2H3,(H,18,21)/t12-/m0/s1. The number of urea groups is 1. The monoisotopic (exact) mass is 341 g/mol. The van der Waals surface area contributed by atoms with Crippen molar-refractivity contribution in [3.8, 4) is 0 Å². The summed E-state index contributed by atoms with van der Waals surface area (Å²) in [7, 11) is 1.92. The number of hydrogen-bond acceptors (Lipinski definition) is 3. The van der Waals surface area contributed by atoms with Gasteiger partial charge in [0.05, 0.1) is 24.8 Å². The minimum Gasteiger partial charge on any atom is -0.351 e. The molecule has 1 atom stereocenters. The summed E-state index contributed by atoms with van der Waals surface area (Å²) in [6, 6.07) is 1.82. The van der Waals surface area contributed by atoms with Crippen LogP contribution in [0.4, 0.5) is 4.79 Å². The first-order valence-corrected chi connectivity index (χ1v) is 8.47. The molecule has 1 aromatic rings. The molecule has 0 spiro atoms. The van der Waals surface area contributed by atoms with Crippen molar-refractivity contribution in [2.75, 3.05) is 26.3 Å². The van der Waals surface area contributed by atoms with E-state index in [-0.39, 0.29) is 11.9 Å². The quantitative estimate of drug-likeness (QED) is 0.918. The third-order valence-corrected chi connectivity index (χ3v) is 5.01. The van der Waals surface area contributed by atoms with Crippen LogP contribution in [0.1, 0.15) is 25.5 Å². The van der Waals surface area contributed by atoms with Gasteiger partial charge in [0, 0.05) is 37.9 Å². The molecular weight excluding hydrogens is 318 g/mol. The zero-order valence-corrected chi connectivity index (χ0v) is 14.4. The van der Waals surface area contributed by atoms with Gasteiger partial charge in [0.15, 0.2) is 5.79 Å². The van der Waals surface area contributed by atoms with Gasteiger partial charge in [-0.1, -0.05) is 11.6 Å². The summed E-state index contributed by atoms with van der Waals surface area (Å²) >= 11 is 5.97. The van der Waals surface area contributed by atoms with Crippen molar-refractivity contribution in [3.05, 3.63) is 23.0 Å². The van der Waals surface area contributed by atoms with Gasteiger partial charge in [0.1, 0.15) is 0 Å². The number of likely N-dealkylation sites (tertiary alicyclic amines) is 1. The zero-order chi connectivity index (χ0) is 16.4. The van der Waals surface area contributed by atoms with E-state index < -0.39 is 5.79 Å². The number of carbonyl (C=O) groups excluding carboxylic acids is 1. The molecule has 0 unspecified atom stereocenters. The second-order valence-corrected chi connectivity index (χ2v) is 6.85. The van der Waals surface area contributed by atoms with Gasteiger partial charge in [0.2, 0.25) is 0 Å². The van der Waals surface area contributed by atoms with Crippen LogP contribution in [-0.2, 0) is 23.1 Å². The molecule has 3 rings (SSSR count). The van der Waals surface area contributed by atoms with Crippen LogP contribution < -0.4 is 5.32 Å². The number of nitrogens with one attached hydrogen (secondary N) is 1. The first-order valence-electron chi connectivity index (χ1n) is 8.09. The van der Waals surface area contributed by atoms with Crippen LogP contribution in [0.25, 0.3) is 0 Å². The molecule has 6 nitrogen and oxygen atoms in total. The molecule has 0 aliphatic carbocycles. The number of piperidine rings is 1. The van der Waals surface area contributed by atoms with E-state index >= 15 is 0 Å². The van der Waals surface area contributed by atoms with Crippen molar-refractivity contribution in [3.63, 3.8) is 0 Å². The van der Waals surface area contributed by atoms with Crippen LogP contribution in [0.2, 0.25) is 5.02 Å². The Kier molecular flexibility index (Phi) is 4.85. The lowest BCUT2D eigenvalue weighted by Crippen LogP contribution is -2.51. The van der Waals surface area contributed by atoms with Crippen LogP contribution in [-0.4, -0.2) is 47.6 Å². The lowest BCUT2D eigenvalue weighted by molar-refractivity contribution is -0.189. The minimum atomic E-state index is -0.551. The Morgan fingerprint density at radius 2 is 2.22 bits per heavy atom. The topological polar surface area (TPSA) is 55.7 Å². The Morgan fingerprint density at radius 1 is 1.48 bits per heavy atom. The molecule has 2 saturated heterocycles. The van der Waals surface area contributed by atoms with E-state index in [1.54, 1.807) is 0 Å². The summed E-state index contributed by atoms with van der Waals surface area (Å²) in [4.78, 5) is 14.3. The highest BCUT2D eigenvalue weighted by Crippen LogP contribution is 2.34. The molecule has 0 radical (unpaired) electrons. The summed E-state index contributed by atoms with van der Waals surface area (Å²) in [6.45, 7) is 5.15. The third kappa shape index (κ3) is 3.65. The van der Waals surface area contributed by atoms with Gasteiger partial charge in [0.25, 0.3) is 0 Å². The number of rotatable bonds is 3. The highest BCUT2D eigenvalue weighted by molar-refractivity contribution is 6.30. The molecule has 1 aromatic heterocycles. The first kappa shape index (κ1) is 16.6. The Labute approximate surface area is 141 Å². The minimum absolute atomic E-state index is 0.0476. The van der Waals surface area contributed by atoms with Crippen molar-refractivity contribution in [1.82, 2.24) is 14.8 Å². The normalized spacial score (nSPS) is 24.0. The Hall–Kier alpha value is -1.24. The SMILES string of the molecule is Cn1cc(Cl)cc1CNC(=O)N1CCC[C@H](C2(C)OCCO2)C1. The van der Waals surface area contributed by atoms with E-state index in [2.05, 4.69) is 5.32 Å². The Balaban J connectivity index is 1.55. The molecule has 2 aliphatic rings. The summed E-state index contributed by atoms with van der Waals surface area (Å²) in [6.07, 6.45) is 3.82. The van der Waals surface area contributed by atoms with Crippen LogP contribution in [0.15, 0.2) is 12.3 Å². The smallest absolute Gasteiger partial charge is 0.317 e. The van der Waals surface area contributed by atoms with E-state index in [0.717, 1.165) is 25.1 Å². The van der Waals surface area contributed by atoms with Gasteiger partial charge in [-0.15, -0.1) is 0 Å². The Bertz CT molecular complexity index is 569. The number of hydrogen-bond donors (Lipinski definition) is 1. The van der Waals surface area contributed by atoms with E-state index in [9.17, 15) is 4.79 Å². The first-order chi connectivity index (χ1) is 11.0. The lowest BCUT2D eigenvalue weighted by Gasteiger charge is -2.39. The van der Waals surface area contributed by atoms with Crippen LogP contribution in [0, 0.1) is 5.92 Å². The molecule has 23 heavy (non-hydrogen) atoms. The van der Waals surface area contributed by atoms with Crippen molar-refractivity contribution in [2.24, 2.45) is 13.0 Å². The van der Waals surface area contributed by atoms with Gasteiger partial charge in [-0.3, -0.25) is 0 Å². The maximum absolute atomic E-state index is 12.4. The number of aromatic nitrogens is 1. The fourth-order valence-corrected chi connectivity index (χ4v) is 3.65. The lowest BCUT2D eigenvalue weighted by atomic mass is 9.90. The van der Waals surface area contributed by atoms with Crippen LogP contribution in [0.3, 0.4) is 0 Å². The van der Waals surface area contributed by atoms with Crippen molar-refractivity contribution < 1.29 is 14.3 Å². The number of nitrogens with zero attached hydrogens (tertiary/aromatic N) is 2. The average molecular weight is 342 g/mol. The third-order valence-electron chi connectivity index (χ3n) is 4.81. The number of halogens is 1. The number of amides is 2. The summed E-state index contributed by atoms with van der Waals surface area (Å²) in [5.74, 6) is -0.334. The molecule has 2 aliphatic heterocycles. The van der Waals surface area contributed by atoms with Gasteiger partial charge >= 0.3 is 6.03 Å². The van der Waals surface area contributed by atoms with Crippen molar-refractivity contribution in [2.45, 2.75) is 32.1 Å². The molecule has 2 amide bonds. The molecule has 0 bridgehead atoms. The van der Waals surface area contributed by atoms with Gasteiger partial charge in [-0.2, -0.15) is 0 Å². The van der Waals surface area contributed by atoms with Gasteiger partial charge < -0.3 is 24.3 Å². The Morgan fingerprint density at radius 3 is 2.87 bits per heavy atom. The van der Waals surface area contributed by atoms with E-state index in [1.165, 1.54) is 0 Å². The highest BCUT2D eigenvalue weighted by Gasteiger charge is 2.42. The summed E-state index contributed by atoms with van der Waals surface area (Å²) in [5, 5.41) is 3.65. The molecule has 1 N–H and O–H groups in total. The van der Waals surface area contributed by atoms with Crippen molar-refractivity contribution in [1.29, 1.82) is 0 Å². The predicted octanol–water partition coefficient (Wildman–Crippen LogP) is 2.36. The molecule has 0 aromatic carbocycles. The van der Waals surface area contributed by atoms with E-state index in [4.69, 9.17) is 21.1 Å². The number of aryl methyl sites for hydroxylation is 1. The highest BCUT2D eigenvalue weighted by atomic mass is 35.5. The number of ether oxygens (including phenoxy) is 2. The fourth-order valence-electron chi connectivity index (χ4n) is 3.38. The maximum atomic E-state index is 12.4. The summed E-state index contributed by atoms with van der Waals surface area (Å²) < 4.78 is 13.4. The van der Waals surface area contributed by atoms with Gasteiger partial charge in [-0.25, -0.2) is 4.79 Å². The largest absolute Gasteiger partial charge is 0.351 e. The molecule has 2 fully saturated rings. The maximum Gasteiger partial charge on any atom is 0.317 e. The number of carbonyl (C=O) groups is 1. The molecule has 128 valence electrons. The molecule has 3 heterocycles. The van der Waals surface area contributed by atoms with E-state index in [1.807, 2.05) is 35.7 Å².